The van der Waals surface area contributed by atoms with E-state index in [1.54, 1.807) is 6.07 Å². The van der Waals surface area contributed by atoms with Gasteiger partial charge in [0, 0.05) is 16.8 Å². The molecule has 3 N–H and O–H groups in total. The van der Waals surface area contributed by atoms with Crippen molar-refractivity contribution < 1.29 is 4.79 Å². The van der Waals surface area contributed by atoms with Gasteiger partial charge in [0.25, 0.3) is 0 Å². The number of ketones is 1. The van der Waals surface area contributed by atoms with Crippen molar-refractivity contribution >= 4 is 11.5 Å². The SMILES string of the molecule is Cc1ccc(C(=O)CNC(C)(C)C)cc1N. The van der Waals surface area contributed by atoms with Gasteiger partial charge in [-0.3, -0.25) is 4.79 Å². The van der Waals surface area contributed by atoms with E-state index in [9.17, 15) is 4.79 Å². The average molecular weight is 220 g/mol. The molecule has 16 heavy (non-hydrogen) atoms. The van der Waals surface area contributed by atoms with Gasteiger partial charge in [0.15, 0.2) is 5.78 Å². The van der Waals surface area contributed by atoms with Gasteiger partial charge in [-0.2, -0.15) is 0 Å². The highest BCUT2D eigenvalue weighted by Crippen LogP contribution is 2.13. The molecular formula is C13H20N2O. The molecule has 88 valence electrons. The fourth-order valence-corrected chi connectivity index (χ4v) is 1.26. The number of rotatable bonds is 3. The molecule has 0 aromatic heterocycles. The summed E-state index contributed by atoms with van der Waals surface area (Å²) in [7, 11) is 0. The molecule has 0 atom stereocenters. The van der Waals surface area contributed by atoms with Crippen LogP contribution in [0.15, 0.2) is 18.2 Å². The summed E-state index contributed by atoms with van der Waals surface area (Å²) in [5, 5.41) is 3.16. The Hall–Kier alpha value is -1.35. The molecule has 0 saturated heterocycles. The first kappa shape index (κ1) is 12.7. The third-order valence-electron chi connectivity index (χ3n) is 2.38. The first-order valence-electron chi connectivity index (χ1n) is 5.44. The summed E-state index contributed by atoms with van der Waals surface area (Å²) in [6.07, 6.45) is 0. The number of hydrogen-bond donors (Lipinski definition) is 2. The number of carbonyl (C=O) groups excluding carboxylic acids is 1. The van der Waals surface area contributed by atoms with Gasteiger partial charge in [0.1, 0.15) is 0 Å². The van der Waals surface area contributed by atoms with Crippen LogP contribution in [0.1, 0.15) is 36.7 Å². The second-order valence-corrected chi connectivity index (χ2v) is 5.10. The van der Waals surface area contributed by atoms with Crippen LogP contribution in [0.3, 0.4) is 0 Å². The van der Waals surface area contributed by atoms with Gasteiger partial charge in [0.05, 0.1) is 6.54 Å². The number of nitrogens with one attached hydrogen (secondary N) is 1. The Morgan fingerprint density at radius 2 is 2.00 bits per heavy atom. The monoisotopic (exact) mass is 220 g/mol. The van der Waals surface area contributed by atoms with Gasteiger partial charge >= 0.3 is 0 Å². The highest BCUT2D eigenvalue weighted by atomic mass is 16.1. The molecule has 0 aliphatic carbocycles. The first-order chi connectivity index (χ1) is 7.29. The molecule has 0 unspecified atom stereocenters. The molecule has 3 heteroatoms. The highest BCUT2D eigenvalue weighted by Gasteiger charge is 2.12. The molecule has 0 aliphatic heterocycles. The maximum atomic E-state index is 11.8. The van der Waals surface area contributed by atoms with Crippen LogP contribution in [0.5, 0.6) is 0 Å². The predicted molar refractivity (Wildman–Crippen MR) is 67.7 cm³/mol. The number of nitrogens with two attached hydrogens (primary N) is 1. The normalized spacial score (nSPS) is 11.5. The van der Waals surface area contributed by atoms with Crippen molar-refractivity contribution in [3.63, 3.8) is 0 Å². The van der Waals surface area contributed by atoms with Crippen LogP contribution in [0.25, 0.3) is 0 Å². The molecule has 0 spiro atoms. The molecule has 0 saturated carbocycles. The van der Waals surface area contributed by atoms with Crippen LogP contribution >= 0.6 is 0 Å². The Kier molecular flexibility index (Phi) is 3.70. The smallest absolute Gasteiger partial charge is 0.176 e. The number of aryl methyl sites for hydroxylation is 1. The zero-order chi connectivity index (χ0) is 12.3. The minimum absolute atomic E-state index is 0.0497. The summed E-state index contributed by atoms with van der Waals surface area (Å²) in [6, 6.07) is 5.43. The van der Waals surface area contributed by atoms with Crippen LogP contribution in [-0.4, -0.2) is 17.9 Å². The number of nitrogen functional groups attached to an aromatic ring is 1. The van der Waals surface area contributed by atoms with Gasteiger partial charge in [-0.25, -0.2) is 0 Å². The van der Waals surface area contributed by atoms with Crippen molar-refractivity contribution in [3.8, 4) is 0 Å². The largest absolute Gasteiger partial charge is 0.398 e. The standard InChI is InChI=1S/C13H20N2O/c1-9-5-6-10(7-11(9)14)12(16)8-15-13(2,3)4/h5-7,15H,8,14H2,1-4H3. The lowest BCUT2D eigenvalue weighted by atomic mass is 10.0. The fourth-order valence-electron chi connectivity index (χ4n) is 1.26. The molecule has 1 aromatic carbocycles. The van der Waals surface area contributed by atoms with Gasteiger partial charge in [0.2, 0.25) is 0 Å². The maximum absolute atomic E-state index is 11.8. The van der Waals surface area contributed by atoms with Crippen molar-refractivity contribution in [2.24, 2.45) is 0 Å². The van der Waals surface area contributed by atoms with Crippen molar-refractivity contribution in [1.82, 2.24) is 5.32 Å². The van der Waals surface area contributed by atoms with Crippen LogP contribution in [-0.2, 0) is 0 Å². The first-order valence-corrected chi connectivity index (χ1v) is 5.44. The van der Waals surface area contributed by atoms with E-state index in [0.717, 1.165) is 5.56 Å². The lowest BCUT2D eigenvalue weighted by Crippen LogP contribution is -2.39. The number of hydrogen-bond acceptors (Lipinski definition) is 3. The van der Waals surface area contributed by atoms with Crippen LogP contribution in [0.2, 0.25) is 0 Å². The van der Waals surface area contributed by atoms with Gasteiger partial charge in [-0.1, -0.05) is 12.1 Å². The minimum Gasteiger partial charge on any atom is -0.398 e. The summed E-state index contributed by atoms with van der Waals surface area (Å²) in [5.41, 5.74) is 8.05. The molecule has 0 radical (unpaired) electrons. The molecule has 0 aliphatic rings. The minimum atomic E-state index is -0.0497. The maximum Gasteiger partial charge on any atom is 0.176 e. The Bertz CT molecular complexity index is 391. The second-order valence-electron chi connectivity index (χ2n) is 5.10. The molecule has 1 aromatic rings. The van der Waals surface area contributed by atoms with E-state index < -0.39 is 0 Å². The molecule has 0 bridgehead atoms. The molecule has 0 heterocycles. The van der Waals surface area contributed by atoms with Crippen molar-refractivity contribution in [1.29, 1.82) is 0 Å². The molecule has 3 nitrogen and oxygen atoms in total. The quantitative estimate of drug-likeness (QED) is 0.606. The Morgan fingerprint density at radius 1 is 1.38 bits per heavy atom. The van der Waals surface area contributed by atoms with E-state index in [-0.39, 0.29) is 11.3 Å². The molecule has 1 rings (SSSR count). The van der Waals surface area contributed by atoms with E-state index in [0.29, 0.717) is 17.8 Å². The fraction of sp³-hybridized carbons (Fsp3) is 0.462. The van der Waals surface area contributed by atoms with Crippen LogP contribution in [0, 0.1) is 6.92 Å². The zero-order valence-corrected chi connectivity index (χ0v) is 10.4. The van der Waals surface area contributed by atoms with E-state index in [4.69, 9.17) is 5.73 Å². The van der Waals surface area contributed by atoms with Crippen molar-refractivity contribution in [3.05, 3.63) is 29.3 Å². The van der Waals surface area contributed by atoms with E-state index in [1.807, 2.05) is 39.8 Å². The van der Waals surface area contributed by atoms with E-state index in [2.05, 4.69) is 5.32 Å². The Morgan fingerprint density at radius 3 is 2.50 bits per heavy atom. The highest BCUT2D eigenvalue weighted by molar-refractivity contribution is 5.98. The third kappa shape index (κ3) is 3.66. The number of carbonyl (C=O) groups is 1. The predicted octanol–water partition coefficient (Wildman–Crippen LogP) is 2.15. The lowest BCUT2D eigenvalue weighted by molar-refractivity contribution is 0.0982. The number of anilines is 1. The van der Waals surface area contributed by atoms with Gasteiger partial charge in [-0.15, -0.1) is 0 Å². The number of Topliss-reactive ketones (excluding diaryl/α,β-unsaturated/α-hetero) is 1. The van der Waals surface area contributed by atoms with Crippen molar-refractivity contribution in [2.75, 3.05) is 12.3 Å². The van der Waals surface area contributed by atoms with Crippen LogP contribution < -0.4 is 11.1 Å². The van der Waals surface area contributed by atoms with Crippen LogP contribution in [0.4, 0.5) is 5.69 Å². The lowest BCUT2D eigenvalue weighted by Gasteiger charge is -2.19. The average Bonchev–Trinajstić information content (AvgIpc) is 2.17. The summed E-state index contributed by atoms with van der Waals surface area (Å²) in [5.74, 6) is 0.0709. The molecule has 0 fully saturated rings. The summed E-state index contributed by atoms with van der Waals surface area (Å²) in [6.45, 7) is 8.36. The van der Waals surface area contributed by atoms with E-state index in [1.165, 1.54) is 0 Å². The molecular weight excluding hydrogens is 200 g/mol. The summed E-state index contributed by atoms with van der Waals surface area (Å²) < 4.78 is 0. The topological polar surface area (TPSA) is 55.1 Å². The van der Waals surface area contributed by atoms with Gasteiger partial charge < -0.3 is 11.1 Å². The van der Waals surface area contributed by atoms with Gasteiger partial charge in [-0.05, 0) is 39.3 Å². The van der Waals surface area contributed by atoms with E-state index >= 15 is 0 Å². The summed E-state index contributed by atoms with van der Waals surface area (Å²) in [4.78, 5) is 11.8. The third-order valence-corrected chi connectivity index (χ3v) is 2.38. The van der Waals surface area contributed by atoms with Crippen molar-refractivity contribution in [2.45, 2.75) is 33.2 Å². The Labute approximate surface area is 97.0 Å². The Balaban J connectivity index is 2.70. The number of benzene rings is 1. The second kappa shape index (κ2) is 4.66. The molecule has 0 amide bonds. The summed E-state index contributed by atoms with van der Waals surface area (Å²) >= 11 is 0. The zero-order valence-electron chi connectivity index (χ0n) is 10.4.